The fourth-order valence-corrected chi connectivity index (χ4v) is 1.83. The first-order valence-corrected chi connectivity index (χ1v) is 5.76. The molecule has 0 radical (unpaired) electrons. The first kappa shape index (κ1) is 14.0. The van der Waals surface area contributed by atoms with Crippen molar-refractivity contribution in [3.63, 3.8) is 0 Å². The van der Waals surface area contributed by atoms with Crippen LogP contribution in [0.5, 0.6) is 5.75 Å². The molecule has 94 valence electrons. The van der Waals surface area contributed by atoms with Crippen molar-refractivity contribution in [2.45, 2.75) is 13.5 Å². The second-order valence-corrected chi connectivity index (χ2v) is 4.37. The van der Waals surface area contributed by atoms with Crippen LogP contribution in [0.3, 0.4) is 0 Å². The van der Waals surface area contributed by atoms with Crippen LogP contribution in [0.4, 0.5) is 0 Å². The summed E-state index contributed by atoms with van der Waals surface area (Å²) in [6.07, 6.45) is 0. The van der Waals surface area contributed by atoms with Crippen molar-refractivity contribution in [2.75, 3.05) is 20.7 Å². The maximum atomic E-state index is 9.00. The van der Waals surface area contributed by atoms with Gasteiger partial charge in [-0.05, 0) is 31.7 Å². The van der Waals surface area contributed by atoms with E-state index in [2.05, 4.69) is 17.0 Å². The molecule has 0 heterocycles. The van der Waals surface area contributed by atoms with E-state index < -0.39 is 0 Å². The van der Waals surface area contributed by atoms with Crippen LogP contribution in [-0.2, 0) is 6.54 Å². The summed E-state index contributed by atoms with van der Waals surface area (Å²) < 4.78 is 5.10. The van der Waals surface area contributed by atoms with Crippen LogP contribution in [0.25, 0.3) is 0 Å². The van der Waals surface area contributed by atoms with Gasteiger partial charge in [-0.3, -0.25) is 0 Å². The number of nitrogens with zero attached hydrogens (tertiary/aromatic N) is 3. The summed E-state index contributed by atoms with van der Waals surface area (Å²) in [5.41, 5.74) is 1.58. The van der Waals surface area contributed by atoms with E-state index in [-0.39, 0.29) is 5.92 Å². The molecule has 0 aliphatic rings. The highest BCUT2D eigenvalue weighted by Crippen LogP contribution is 2.19. The van der Waals surface area contributed by atoms with Gasteiger partial charge in [0.1, 0.15) is 11.8 Å². The van der Waals surface area contributed by atoms with Gasteiger partial charge in [0.2, 0.25) is 0 Å². The second-order valence-electron chi connectivity index (χ2n) is 4.37. The number of hydrogen-bond acceptors (Lipinski definition) is 4. The maximum Gasteiger partial charge on any atom is 0.136 e. The van der Waals surface area contributed by atoms with Crippen LogP contribution in [-0.4, -0.2) is 25.6 Å². The minimum atomic E-state index is 0.00341. The maximum absolute atomic E-state index is 9.00. The van der Waals surface area contributed by atoms with Gasteiger partial charge in [0.05, 0.1) is 24.7 Å². The van der Waals surface area contributed by atoms with Gasteiger partial charge in [-0.15, -0.1) is 0 Å². The molecular weight excluding hydrogens is 226 g/mol. The van der Waals surface area contributed by atoms with Crippen molar-refractivity contribution in [1.82, 2.24) is 4.90 Å². The minimum absolute atomic E-state index is 0.00341. The van der Waals surface area contributed by atoms with Crippen LogP contribution in [0, 0.1) is 28.6 Å². The van der Waals surface area contributed by atoms with Crippen LogP contribution in [0.1, 0.15) is 18.1 Å². The van der Waals surface area contributed by atoms with Gasteiger partial charge in [-0.1, -0.05) is 6.07 Å². The average Bonchev–Trinajstić information content (AvgIpc) is 2.38. The Morgan fingerprint density at radius 1 is 1.39 bits per heavy atom. The van der Waals surface area contributed by atoms with Crippen molar-refractivity contribution in [2.24, 2.45) is 5.92 Å². The van der Waals surface area contributed by atoms with Crippen molar-refractivity contribution in [3.05, 3.63) is 29.3 Å². The van der Waals surface area contributed by atoms with Gasteiger partial charge < -0.3 is 9.64 Å². The molecule has 0 aliphatic heterocycles. The Labute approximate surface area is 108 Å². The molecule has 1 aromatic carbocycles. The fraction of sp³-hybridized carbons (Fsp3) is 0.429. The SMILES string of the molecule is COc1ccc(CN(C)CC(C)C#N)cc1C#N. The van der Waals surface area contributed by atoms with Crippen molar-refractivity contribution in [1.29, 1.82) is 10.5 Å². The monoisotopic (exact) mass is 243 g/mol. The third kappa shape index (κ3) is 3.76. The number of ether oxygens (including phenoxy) is 1. The topological polar surface area (TPSA) is 60.0 Å². The molecular formula is C14H17N3O. The zero-order valence-electron chi connectivity index (χ0n) is 11.0. The van der Waals surface area contributed by atoms with E-state index in [9.17, 15) is 0 Å². The van der Waals surface area contributed by atoms with Gasteiger partial charge >= 0.3 is 0 Å². The molecule has 4 heteroatoms. The Morgan fingerprint density at radius 3 is 2.67 bits per heavy atom. The van der Waals surface area contributed by atoms with Crippen molar-refractivity contribution >= 4 is 0 Å². The molecule has 1 atom stereocenters. The number of methoxy groups -OCH3 is 1. The van der Waals surface area contributed by atoms with Crippen molar-refractivity contribution in [3.8, 4) is 17.9 Å². The summed E-state index contributed by atoms with van der Waals surface area (Å²) in [7, 11) is 3.51. The van der Waals surface area contributed by atoms with Gasteiger partial charge in [0, 0.05) is 13.1 Å². The molecule has 18 heavy (non-hydrogen) atoms. The van der Waals surface area contributed by atoms with Gasteiger partial charge in [-0.2, -0.15) is 10.5 Å². The third-order valence-electron chi connectivity index (χ3n) is 2.64. The summed E-state index contributed by atoms with van der Waals surface area (Å²) >= 11 is 0. The first-order valence-electron chi connectivity index (χ1n) is 5.76. The largest absolute Gasteiger partial charge is 0.495 e. The smallest absolute Gasteiger partial charge is 0.136 e. The highest BCUT2D eigenvalue weighted by atomic mass is 16.5. The van der Waals surface area contributed by atoms with E-state index >= 15 is 0 Å². The molecule has 4 nitrogen and oxygen atoms in total. The highest BCUT2D eigenvalue weighted by molar-refractivity contribution is 5.45. The number of hydrogen-bond donors (Lipinski definition) is 0. The Hall–Kier alpha value is -2.04. The molecule has 0 aliphatic carbocycles. The number of rotatable bonds is 5. The second kappa shape index (κ2) is 6.64. The zero-order valence-corrected chi connectivity index (χ0v) is 11.0. The van der Waals surface area contributed by atoms with E-state index in [4.69, 9.17) is 15.3 Å². The molecule has 0 amide bonds. The number of benzene rings is 1. The summed E-state index contributed by atoms with van der Waals surface area (Å²) in [4.78, 5) is 2.07. The zero-order chi connectivity index (χ0) is 13.5. The Balaban J connectivity index is 2.75. The van der Waals surface area contributed by atoms with Gasteiger partial charge in [0.25, 0.3) is 0 Å². The van der Waals surface area contributed by atoms with E-state index in [0.717, 1.165) is 5.56 Å². The molecule has 0 saturated carbocycles. The van der Waals surface area contributed by atoms with Crippen LogP contribution < -0.4 is 4.74 Å². The Kier molecular flexibility index (Phi) is 5.17. The molecule has 0 spiro atoms. The highest BCUT2D eigenvalue weighted by Gasteiger charge is 2.08. The predicted molar refractivity (Wildman–Crippen MR) is 68.8 cm³/mol. The first-order chi connectivity index (χ1) is 8.60. The molecule has 0 N–H and O–H groups in total. The molecule has 0 bridgehead atoms. The summed E-state index contributed by atoms with van der Waals surface area (Å²) in [6.45, 7) is 3.32. The molecule has 0 saturated heterocycles. The lowest BCUT2D eigenvalue weighted by molar-refractivity contribution is 0.303. The minimum Gasteiger partial charge on any atom is -0.495 e. The summed E-state index contributed by atoms with van der Waals surface area (Å²) in [5, 5.41) is 17.8. The lowest BCUT2D eigenvalue weighted by atomic mass is 10.1. The Bertz CT molecular complexity index is 485. The van der Waals surface area contributed by atoms with E-state index in [1.807, 2.05) is 26.1 Å². The lowest BCUT2D eigenvalue weighted by Gasteiger charge is -2.18. The molecule has 1 unspecified atom stereocenters. The van der Waals surface area contributed by atoms with E-state index in [1.54, 1.807) is 13.2 Å². The summed E-state index contributed by atoms with van der Waals surface area (Å²) in [6, 6.07) is 9.89. The average molecular weight is 243 g/mol. The van der Waals surface area contributed by atoms with E-state index in [0.29, 0.717) is 24.4 Å². The molecule has 0 aromatic heterocycles. The lowest BCUT2D eigenvalue weighted by Crippen LogP contribution is -2.23. The van der Waals surface area contributed by atoms with Crippen molar-refractivity contribution < 1.29 is 4.74 Å². The number of nitriles is 2. The van der Waals surface area contributed by atoms with Gasteiger partial charge in [-0.25, -0.2) is 0 Å². The normalized spacial score (nSPS) is 11.7. The third-order valence-corrected chi connectivity index (χ3v) is 2.64. The molecule has 1 rings (SSSR count). The molecule has 0 fully saturated rings. The predicted octanol–water partition coefficient (Wildman–Crippen LogP) is 2.16. The van der Waals surface area contributed by atoms with E-state index in [1.165, 1.54) is 0 Å². The van der Waals surface area contributed by atoms with Crippen LogP contribution in [0.2, 0.25) is 0 Å². The van der Waals surface area contributed by atoms with Crippen LogP contribution in [0.15, 0.2) is 18.2 Å². The summed E-state index contributed by atoms with van der Waals surface area (Å²) in [5.74, 6) is 0.595. The fourth-order valence-electron chi connectivity index (χ4n) is 1.83. The Morgan fingerprint density at radius 2 is 2.11 bits per heavy atom. The quantitative estimate of drug-likeness (QED) is 0.795. The molecule has 1 aromatic rings. The van der Waals surface area contributed by atoms with Gasteiger partial charge in [0.15, 0.2) is 0 Å². The standard InChI is InChI=1S/C14H17N3O/c1-11(7-15)9-17(2)10-12-4-5-14(18-3)13(6-12)8-16/h4-6,11H,9-10H2,1-3H3. The van der Waals surface area contributed by atoms with Crippen LogP contribution >= 0.6 is 0 Å².